The zero-order chi connectivity index (χ0) is 20.1. The van der Waals surface area contributed by atoms with Crippen LogP contribution in [0.4, 0.5) is 11.4 Å². The molecular formula is C13H11N7O6S. The van der Waals surface area contributed by atoms with Crippen LogP contribution in [-0.2, 0) is 0 Å². The number of nitro benzene ring substituents is 2. The number of rotatable bonds is 4. The van der Waals surface area contributed by atoms with Crippen LogP contribution in [0.15, 0.2) is 24.3 Å². The normalized spacial score (nSPS) is 9.96. The van der Waals surface area contributed by atoms with Gasteiger partial charge in [0.2, 0.25) is 0 Å². The van der Waals surface area contributed by atoms with Crippen molar-refractivity contribution in [2.45, 2.75) is 6.92 Å². The van der Waals surface area contributed by atoms with Crippen molar-refractivity contribution in [2.75, 3.05) is 0 Å². The van der Waals surface area contributed by atoms with Crippen molar-refractivity contribution in [3.05, 3.63) is 61.4 Å². The minimum atomic E-state index is -0.941. The van der Waals surface area contributed by atoms with Crippen LogP contribution in [-0.4, -0.2) is 37.0 Å². The van der Waals surface area contributed by atoms with Crippen LogP contribution in [0.2, 0.25) is 0 Å². The van der Waals surface area contributed by atoms with Gasteiger partial charge in [0.05, 0.1) is 21.5 Å². The summed E-state index contributed by atoms with van der Waals surface area (Å²) in [5, 5.41) is 29.8. The molecule has 2 amide bonds. The molecule has 27 heavy (non-hydrogen) atoms. The summed E-state index contributed by atoms with van der Waals surface area (Å²) in [5.41, 5.74) is 3.55. The van der Waals surface area contributed by atoms with Crippen molar-refractivity contribution in [2.24, 2.45) is 0 Å². The van der Waals surface area contributed by atoms with Gasteiger partial charge in [0.1, 0.15) is 0 Å². The quantitative estimate of drug-likeness (QED) is 0.326. The van der Waals surface area contributed by atoms with Gasteiger partial charge in [-0.1, -0.05) is 0 Å². The number of amides is 2. The highest BCUT2D eigenvalue weighted by atomic mass is 32.1. The Morgan fingerprint density at radius 3 is 2.11 bits per heavy atom. The van der Waals surface area contributed by atoms with Gasteiger partial charge >= 0.3 is 0 Å². The van der Waals surface area contributed by atoms with Crippen molar-refractivity contribution in [1.82, 2.24) is 26.4 Å². The number of carbonyl (C=O) groups excluding carboxylic acids is 2. The Balaban J connectivity index is 2.03. The van der Waals surface area contributed by atoms with Crippen LogP contribution in [0, 0.1) is 27.2 Å². The van der Waals surface area contributed by atoms with E-state index in [0.717, 1.165) is 18.2 Å². The molecule has 0 aliphatic rings. The Bertz CT molecular complexity index is 924. The van der Waals surface area contributed by atoms with E-state index in [1.165, 1.54) is 6.07 Å². The molecule has 0 unspecified atom stereocenters. The van der Waals surface area contributed by atoms with Gasteiger partial charge in [-0.2, -0.15) is 5.10 Å². The van der Waals surface area contributed by atoms with Gasteiger partial charge in [-0.15, -0.1) is 0 Å². The molecule has 1 aromatic carbocycles. The lowest BCUT2D eigenvalue weighted by Crippen LogP contribution is -2.48. The van der Waals surface area contributed by atoms with E-state index in [2.05, 4.69) is 26.4 Å². The number of benzene rings is 1. The predicted molar refractivity (Wildman–Crippen MR) is 93.7 cm³/mol. The van der Waals surface area contributed by atoms with Crippen molar-refractivity contribution >= 4 is 40.5 Å². The maximum absolute atomic E-state index is 12.1. The fourth-order valence-corrected chi connectivity index (χ4v) is 2.00. The molecule has 2 aromatic rings. The summed E-state index contributed by atoms with van der Waals surface area (Å²) in [4.78, 5) is 43.8. The lowest BCUT2D eigenvalue weighted by atomic mass is 10.1. The third-order valence-electron chi connectivity index (χ3n) is 3.04. The topological polar surface area (TPSA) is 185 Å². The van der Waals surface area contributed by atoms with E-state index in [0.29, 0.717) is 5.69 Å². The first-order valence-corrected chi connectivity index (χ1v) is 7.45. The van der Waals surface area contributed by atoms with E-state index in [1.807, 2.05) is 0 Å². The average molecular weight is 393 g/mol. The van der Waals surface area contributed by atoms with Gasteiger partial charge in [-0.25, -0.2) is 0 Å². The molecule has 0 aliphatic carbocycles. The molecular weight excluding hydrogens is 382 g/mol. The Labute approximate surface area is 155 Å². The van der Waals surface area contributed by atoms with Gasteiger partial charge in [0.25, 0.3) is 23.2 Å². The molecule has 1 aromatic heterocycles. The summed E-state index contributed by atoms with van der Waals surface area (Å²) in [6.45, 7) is 1.69. The number of non-ortho nitro benzene ring substituents is 2. The van der Waals surface area contributed by atoms with E-state index in [9.17, 15) is 29.8 Å². The number of nitrogens with one attached hydrogen (secondary N) is 4. The van der Waals surface area contributed by atoms with Crippen molar-refractivity contribution in [1.29, 1.82) is 0 Å². The zero-order valence-electron chi connectivity index (χ0n) is 13.5. The molecule has 4 N–H and O–H groups in total. The van der Waals surface area contributed by atoms with Crippen LogP contribution in [0.1, 0.15) is 26.5 Å². The molecule has 0 aliphatic heterocycles. The number of thiocarbonyl (C=S) groups is 1. The monoisotopic (exact) mass is 393 g/mol. The number of hydrogen-bond acceptors (Lipinski definition) is 8. The van der Waals surface area contributed by atoms with Crippen molar-refractivity contribution in [3.63, 3.8) is 0 Å². The summed E-state index contributed by atoms with van der Waals surface area (Å²) in [6.07, 6.45) is 0. The van der Waals surface area contributed by atoms with Crippen LogP contribution in [0.25, 0.3) is 0 Å². The lowest BCUT2D eigenvalue weighted by molar-refractivity contribution is -0.394. The van der Waals surface area contributed by atoms with E-state index in [-0.39, 0.29) is 16.4 Å². The molecule has 0 bridgehead atoms. The van der Waals surface area contributed by atoms with Gasteiger partial charge in [0, 0.05) is 17.8 Å². The Kier molecular flexibility index (Phi) is 5.71. The lowest BCUT2D eigenvalue weighted by Gasteiger charge is -2.09. The molecule has 14 heteroatoms. The fourth-order valence-electron chi connectivity index (χ4n) is 1.86. The number of hydrogen-bond donors (Lipinski definition) is 4. The second kappa shape index (κ2) is 7.96. The smallest absolute Gasteiger partial charge is 0.290 e. The number of aryl methyl sites for hydroxylation is 1. The maximum atomic E-state index is 12.1. The first kappa shape index (κ1) is 19.4. The molecule has 140 valence electrons. The zero-order valence-corrected chi connectivity index (χ0v) is 14.3. The number of nitro groups is 2. The van der Waals surface area contributed by atoms with Gasteiger partial charge in [0.15, 0.2) is 10.8 Å². The van der Waals surface area contributed by atoms with Crippen LogP contribution in [0.5, 0.6) is 0 Å². The number of H-pyrrole nitrogens is 1. The van der Waals surface area contributed by atoms with Crippen molar-refractivity contribution < 1.29 is 19.4 Å². The molecule has 2 rings (SSSR count). The number of aromatic amines is 1. The molecule has 0 atom stereocenters. The number of hydrazine groups is 1. The third-order valence-corrected chi connectivity index (χ3v) is 3.25. The van der Waals surface area contributed by atoms with Crippen LogP contribution in [0.3, 0.4) is 0 Å². The van der Waals surface area contributed by atoms with E-state index in [1.54, 1.807) is 6.92 Å². The van der Waals surface area contributed by atoms with E-state index in [4.69, 9.17) is 12.2 Å². The van der Waals surface area contributed by atoms with Crippen molar-refractivity contribution in [3.8, 4) is 0 Å². The summed E-state index contributed by atoms with van der Waals surface area (Å²) < 4.78 is 0. The standard InChI is InChI=1S/C13H11N7O6S/c1-6-2-10(16-15-6)12(22)17-18-13(27)14-11(21)7-3-8(19(23)24)5-9(4-7)20(25)26/h2-5H,1H3,(H,15,16)(H,17,22)(H2,14,18,21,27). The largest absolute Gasteiger partial charge is 0.298 e. The molecule has 0 radical (unpaired) electrons. The Hall–Kier alpha value is -3.94. The third kappa shape index (κ3) is 5.02. The molecule has 0 fully saturated rings. The Morgan fingerprint density at radius 1 is 1.04 bits per heavy atom. The highest BCUT2D eigenvalue weighted by Gasteiger charge is 2.20. The average Bonchev–Trinajstić information content (AvgIpc) is 3.05. The molecule has 1 heterocycles. The molecule has 0 saturated heterocycles. The van der Waals surface area contributed by atoms with E-state index < -0.39 is 33.0 Å². The predicted octanol–water partition coefficient (Wildman–Crippen LogP) is 0.484. The summed E-state index contributed by atoms with van der Waals surface area (Å²) >= 11 is 4.82. The summed E-state index contributed by atoms with van der Waals surface area (Å²) in [6, 6.07) is 3.91. The first-order chi connectivity index (χ1) is 12.7. The first-order valence-electron chi connectivity index (χ1n) is 7.05. The maximum Gasteiger partial charge on any atom is 0.290 e. The minimum absolute atomic E-state index is 0.0726. The summed E-state index contributed by atoms with van der Waals surface area (Å²) in [5.74, 6) is -1.58. The Morgan fingerprint density at radius 2 is 1.63 bits per heavy atom. The fraction of sp³-hybridized carbons (Fsp3) is 0.0769. The molecule has 0 spiro atoms. The van der Waals surface area contributed by atoms with Gasteiger partial charge < -0.3 is 0 Å². The second-order valence-corrected chi connectivity index (χ2v) is 5.46. The van der Waals surface area contributed by atoms with Crippen LogP contribution < -0.4 is 16.2 Å². The highest BCUT2D eigenvalue weighted by molar-refractivity contribution is 7.80. The number of nitrogens with zero attached hydrogens (tertiary/aromatic N) is 3. The molecule has 0 saturated carbocycles. The SMILES string of the molecule is Cc1cc(C(=O)NNC(=S)NC(=O)c2cc([N+](=O)[O-])cc([N+](=O)[O-])c2)n[nH]1. The van der Waals surface area contributed by atoms with E-state index >= 15 is 0 Å². The van der Waals surface area contributed by atoms with Gasteiger partial charge in [-0.3, -0.25) is 51.1 Å². The second-order valence-electron chi connectivity index (χ2n) is 5.05. The van der Waals surface area contributed by atoms with Crippen LogP contribution >= 0.6 is 12.2 Å². The summed E-state index contributed by atoms with van der Waals surface area (Å²) in [7, 11) is 0. The minimum Gasteiger partial charge on any atom is -0.298 e. The number of aromatic nitrogens is 2. The highest BCUT2D eigenvalue weighted by Crippen LogP contribution is 2.22. The molecule has 13 nitrogen and oxygen atoms in total. The van der Waals surface area contributed by atoms with Gasteiger partial charge in [-0.05, 0) is 25.2 Å². The number of carbonyl (C=O) groups is 2.